The second-order valence-corrected chi connectivity index (χ2v) is 3.93. The average molecular weight is 206 g/mol. The Bertz CT molecular complexity index is 382. The van der Waals surface area contributed by atoms with Gasteiger partial charge in [0.25, 0.3) is 0 Å². The van der Waals surface area contributed by atoms with E-state index in [0.717, 1.165) is 23.6 Å². The second-order valence-electron chi connectivity index (χ2n) is 3.13. The van der Waals surface area contributed by atoms with Crippen molar-refractivity contribution in [1.82, 2.24) is 4.98 Å². The number of aromatic nitrogens is 1. The third-order valence-electron chi connectivity index (χ3n) is 1.95. The highest BCUT2D eigenvalue weighted by Crippen LogP contribution is 2.32. The minimum absolute atomic E-state index is 0.371. The molecule has 0 amide bonds. The smallest absolute Gasteiger partial charge is 0.151 e. The zero-order valence-electron chi connectivity index (χ0n) is 7.86. The van der Waals surface area contributed by atoms with Crippen LogP contribution in [0.3, 0.4) is 0 Å². The minimum Gasteiger partial charge on any atom is -0.488 e. The Hall–Kier alpha value is -1.21. The zero-order chi connectivity index (χ0) is 9.97. The number of nitrogens with zero attached hydrogens (tertiary/aromatic N) is 2. The van der Waals surface area contributed by atoms with Gasteiger partial charge in [0.05, 0.1) is 6.10 Å². The van der Waals surface area contributed by atoms with Crippen LogP contribution in [0.15, 0.2) is 17.2 Å². The second kappa shape index (κ2) is 3.89. The first-order valence-corrected chi connectivity index (χ1v) is 5.67. The van der Waals surface area contributed by atoms with Gasteiger partial charge in [-0.25, -0.2) is 4.98 Å². The van der Waals surface area contributed by atoms with Crippen LogP contribution in [0, 0.1) is 11.3 Å². The number of rotatable bonds is 3. The van der Waals surface area contributed by atoms with Gasteiger partial charge < -0.3 is 4.74 Å². The van der Waals surface area contributed by atoms with E-state index in [0.29, 0.717) is 11.8 Å². The highest BCUT2D eigenvalue weighted by atomic mass is 32.2. The first kappa shape index (κ1) is 9.35. The highest BCUT2D eigenvalue weighted by molar-refractivity contribution is 7.98. The molecule has 0 N–H and O–H groups in total. The van der Waals surface area contributed by atoms with Crippen LogP contribution in [0.4, 0.5) is 0 Å². The van der Waals surface area contributed by atoms with Crippen molar-refractivity contribution in [3.63, 3.8) is 0 Å². The fourth-order valence-electron chi connectivity index (χ4n) is 1.09. The summed E-state index contributed by atoms with van der Waals surface area (Å²) >= 11 is 1.51. The van der Waals surface area contributed by atoms with Gasteiger partial charge in [-0.05, 0) is 31.2 Å². The Balaban J connectivity index is 2.25. The number of hydrogen-bond acceptors (Lipinski definition) is 4. The number of pyridine rings is 1. The Morgan fingerprint density at radius 2 is 2.36 bits per heavy atom. The van der Waals surface area contributed by atoms with E-state index in [4.69, 9.17) is 10.00 Å². The topological polar surface area (TPSA) is 45.9 Å². The summed E-state index contributed by atoms with van der Waals surface area (Å²) in [4.78, 5) is 4.17. The minimum atomic E-state index is 0.371. The third kappa shape index (κ3) is 1.99. The van der Waals surface area contributed by atoms with Gasteiger partial charge in [-0.15, -0.1) is 11.8 Å². The van der Waals surface area contributed by atoms with Crippen molar-refractivity contribution in [2.45, 2.75) is 24.0 Å². The molecule has 1 aliphatic rings. The van der Waals surface area contributed by atoms with E-state index < -0.39 is 0 Å². The first-order valence-electron chi connectivity index (χ1n) is 4.45. The van der Waals surface area contributed by atoms with E-state index in [1.54, 1.807) is 6.07 Å². The Morgan fingerprint density at radius 3 is 2.93 bits per heavy atom. The van der Waals surface area contributed by atoms with E-state index in [2.05, 4.69) is 4.98 Å². The SMILES string of the molecule is CSc1nc(C#N)ccc1OC1CC1. The quantitative estimate of drug-likeness (QED) is 0.711. The molecule has 0 radical (unpaired) electrons. The summed E-state index contributed by atoms with van der Waals surface area (Å²) in [5.74, 6) is 0.805. The molecule has 1 aromatic heterocycles. The molecule has 1 aliphatic carbocycles. The van der Waals surface area contributed by atoms with Gasteiger partial charge >= 0.3 is 0 Å². The average Bonchev–Trinajstić information content (AvgIpc) is 3.02. The zero-order valence-corrected chi connectivity index (χ0v) is 8.67. The number of nitriles is 1. The van der Waals surface area contributed by atoms with Crippen LogP contribution >= 0.6 is 11.8 Å². The molecule has 0 unspecified atom stereocenters. The molecule has 3 nitrogen and oxygen atoms in total. The van der Waals surface area contributed by atoms with Crippen molar-refractivity contribution in [2.75, 3.05) is 6.26 Å². The normalized spacial score (nSPS) is 14.9. The van der Waals surface area contributed by atoms with Gasteiger partial charge in [0.2, 0.25) is 0 Å². The molecule has 0 bridgehead atoms. The lowest BCUT2D eigenvalue weighted by Gasteiger charge is -2.07. The van der Waals surface area contributed by atoms with E-state index in [-0.39, 0.29) is 0 Å². The maximum atomic E-state index is 8.68. The Kier molecular flexibility index (Phi) is 2.60. The third-order valence-corrected chi connectivity index (χ3v) is 2.63. The lowest BCUT2D eigenvalue weighted by Crippen LogP contribution is -1.99. The number of thioether (sulfide) groups is 1. The fraction of sp³-hybridized carbons (Fsp3) is 0.400. The number of hydrogen-bond donors (Lipinski definition) is 0. The molecule has 14 heavy (non-hydrogen) atoms. The molecular weight excluding hydrogens is 196 g/mol. The summed E-state index contributed by atoms with van der Waals surface area (Å²) in [5.41, 5.74) is 0.442. The molecular formula is C10H10N2OS. The molecule has 0 saturated heterocycles. The molecule has 4 heteroatoms. The molecule has 0 aliphatic heterocycles. The Morgan fingerprint density at radius 1 is 1.57 bits per heavy atom. The van der Waals surface area contributed by atoms with Crippen LogP contribution in [-0.4, -0.2) is 17.3 Å². The van der Waals surface area contributed by atoms with Crippen molar-refractivity contribution >= 4 is 11.8 Å². The molecule has 1 heterocycles. The van der Waals surface area contributed by atoms with E-state index >= 15 is 0 Å². The van der Waals surface area contributed by atoms with Gasteiger partial charge in [0.1, 0.15) is 16.8 Å². The van der Waals surface area contributed by atoms with Crippen LogP contribution < -0.4 is 4.74 Å². The van der Waals surface area contributed by atoms with E-state index in [9.17, 15) is 0 Å². The van der Waals surface area contributed by atoms with Crippen molar-refractivity contribution in [2.24, 2.45) is 0 Å². The molecule has 1 aromatic rings. The first-order chi connectivity index (χ1) is 6.83. The monoisotopic (exact) mass is 206 g/mol. The summed E-state index contributed by atoms with van der Waals surface area (Å²) in [6.07, 6.45) is 4.57. The lowest BCUT2D eigenvalue weighted by atomic mass is 10.3. The van der Waals surface area contributed by atoms with Crippen LogP contribution in [0.2, 0.25) is 0 Å². The summed E-state index contributed by atoms with van der Waals surface area (Å²) in [5, 5.41) is 9.48. The summed E-state index contributed by atoms with van der Waals surface area (Å²) in [6.45, 7) is 0. The van der Waals surface area contributed by atoms with Crippen LogP contribution in [-0.2, 0) is 0 Å². The fourth-order valence-corrected chi connectivity index (χ4v) is 1.60. The van der Waals surface area contributed by atoms with Gasteiger partial charge in [-0.3, -0.25) is 0 Å². The summed E-state index contributed by atoms with van der Waals surface area (Å²) in [6, 6.07) is 5.54. The molecule has 0 atom stereocenters. The largest absolute Gasteiger partial charge is 0.488 e. The molecule has 1 saturated carbocycles. The highest BCUT2D eigenvalue weighted by Gasteiger charge is 2.24. The maximum absolute atomic E-state index is 8.68. The maximum Gasteiger partial charge on any atom is 0.151 e. The van der Waals surface area contributed by atoms with Crippen LogP contribution in [0.5, 0.6) is 5.75 Å². The molecule has 0 spiro atoms. The molecule has 0 aromatic carbocycles. The van der Waals surface area contributed by atoms with E-state index in [1.807, 2.05) is 18.4 Å². The van der Waals surface area contributed by atoms with Crippen molar-refractivity contribution in [1.29, 1.82) is 5.26 Å². The van der Waals surface area contributed by atoms with Crippen LogP contribution in [0.1, 0.15) is 18.5 Å². The van der Waals surface area contributed by atoms with Gasteiger partial charge in [0, 0.05) is 0 Å². The van der Waals surface area contributed by atoms with E-state index in [1.165, 1.54) is 11.8 Å². The lowest BCUT2D eigenvalue weighted by molar-refractivity contribution is 0.293. The van der Waals surface area contributed by atoms with Crippen molar-refractivity contribution in [3.05, 3.63) is 17.8 Å². The van der Waals surface area contributed by atoms with Crippen LogP contribution in [0.25, 0.3) is 0 Å². The van der Waals surface area contributed by atoms with Gasteiger partial charge in [-0.2, -0.15) is 5.26 Å². The van der Waals surface area contributed by atoms with Gasteiger partial charge in [0.15, 0.2) is 5.75 Å². The molecule has 1 fully saturated rings. The predicted molar refractivity (Wildman–Crippen MR) is 54.4 cm³/mol. The number of ether oxygens (including phenoxy) is 1. The predicted octanol–water partition coefficient (Wildman–Crippen LogP) is 2.22. The Labute approximate surface area is 87.1 Å². The van der Waals surface area contributed by atoms with Crippen molar-refractivity contribution in [3.8, 4) is 11.8 Å². The molecule has 72 valence electrons. The summed E-state index contributed by atoms with van der Waals surface area (Å²) in [7, 11) is 0. The van der Waals surface area contributed by atoms with Gasteiger partial charge in [-0.1, -0.05) is 0 Å². The molecule has 2 rings (SSSR count). The standard InChI is InChI=1S/C10H10N2OS/c1-14-10-9(13-8-3-4-8)5-2-7(6-11)12-10/h2,5,8H,3-4H2,1H3. The van der Waals surface area contributed by atoms with Crippen molar-refractivity contribution < 1.29 is 4.74 Å². The summed E-state index contributed by atoms with van der Waals surface area (Å²) < 4.78 is 5.65.